The molecule has 0 bridgehead atoms. The van der Waals surface area contributed by atoms with Crippen molar-refractivity contribution < 1.29 is 13.5 Å². The van der Waals surface area contributed by atoms with Gasteiger partial charge in [-0.25, -0.2) is 18.7 Å². The van der Waals surface area contributed by atoms with Crippen LogP contribution in [-0.4, -0.2) is 29.4 Å². The first-order valence-electron chi connectivity index (χ1n) is 5.39. The topological polar surface area (TPSA) is 35.0 Å². The fraction of sp³-hybridized carbons (Fsp3) is 0.333. The van der Waals surface area contributed by atoms with Crippen molar-refractivity contribution in [1.29, 1.82) is 0 Å². The van der Waals surface area contributed by atoms with Gasteiger partial charge in [0.25, 0.3) is 6.43 Å². The lowest BCUT2D eigenvalue weighted by Crippen LogP contribution is -2.00. The summed E-state index contributed by atoms with van der Waals surface area (Å²) in [5.74, 6) is 0.244. The highest BCUT2D eigenvalue weighted by Crippen LogP contribution is 2.27. The molecule has 0 unspecified atom stereocenters. The number of halogens is 2. The minimum Gasteiger partial charge on any atom is -0.384 e. The maximum atomic E-state index is 12.7. The summed E-state index contributed by atoms with van der Waals surface area (Å²) in [5, 5.41) is 1.37. The average molecular weight is 270 g/mol. The molecule has 0 saturated carbocycles. The maximum absolute atomic E-state index is 12.7. The fourth-order valence-electron chi connectivity index (χ4n) is 1.49. The van der Waals surface area contributed by atoms with E-state index in [1.165, 1.54) is 11.8 Å². The minimum absolute atomic E-state index is 0.423. The van der Waals surface area contributed by atoms with Crippen molar-refractivity contribution >= 4 is 22.7 Å². The number of rotatable bonds is 5. The SMILES string of the molecule is COCCSc1nc(C(F)F)nc2ccccc12. The lowest BCUT2D eigenvalue weighted by Gasteiger charge is -2.07. The number of aromatic nitrogens is 2. The zero-order valence-electron chi connectivity index (χ0n) is 9.77. The molecule has 0 fully saturated rings. The number of fused-ring (bicyclic) bond motifs is 1. The van der Waals surface area contributed by atoms with Crippen molar-refractivity contribution in [3.05, 3.63) is 30.1 Å². The van der Waals surface area contributed by atoms with Crippen molar-refractivity contribution in [1.82, 2.24) is 9.97 Å². The van der Waals surface area contributed by atoms with E-state index in [4.69, 9.17) is 4.74 Å². The molecular weight excluding hydrogens is 258 g/mol. The van der Waals surface area contributed by atoms with Gasteiger partial charge in [-0.2, -0.15) is 0 Å². The van der Waals surface area contributed by atoms with Crippen molar-refractivity contribution in [3.63, 3.8) is 0 Å². The van der Waals surface area contributed by atoms with E-state index in [-0.39, 0.29) is 0 Å². The van der Waals surface area contributed by atoms with Crippen LogP contribution in [0.3, 0.4) is 0 Å². The Morgan fingerprint density at radius 3 is 2.78 bits per heavy atom. The Hall–Kier alpha value is -1.27. The highest BCUT2D eigenvalue weighted by Gasteiger charge is 2.15. The molecule has 0 atom stereocenters. The van der Waals surface area contributed by atoms with Crippen LogP contribution in [0, 0.1) is 0 Å². The number of hydrogen-bond acceptors (Lipinski definition) is 4. The molecule has 0 spiro atoms. The second-order valence-corrected chi connectivity index (χ2v) is 4.63. The number of nitrogens with zero attached hydrogens (tertiary/aromatic N) is 2. The molecule has 1 aromatic carbocycles. The van der Waals surface area contributed by atoms with E-state index in [1.54, 1.807) is 19.2 Å². The number of hydrogen-bond donors (Lipinski definition) is 0. The highest BCUT2D eigenvalue weighted by molar-refractivity contribution is 7.99. The van der Waals surface area contributed by atoms with Gasteiger partial charge < -0.3 is 4.74 Å². The molecule has 0 aliphatic carbocycles. The van der Waals surface area contributed by atoms with E-state index in [9.17, 15) is 8.78 Å². The van der Waals surface area contributed by atoms with Gasteiger partial charge in [-0.15, -0.1) is 11.8 Å². The number of para-hydroxylation sites is 1. The third-order valence-electron chi connectivity index (χ3n) is 2.31. The first kappa shape index (κ1) is 13.2. The molecule has 96 valence electrons. The van der Waals surface area contributed by atoms with Gasteiger partial charge in [-0.3, -0.25) is 0 Å². The molecule has 1 heterocycles. The molecule has 0 amide bonds. The smallest absolute Gasteiger partial charge is 0.297 e. The zero-order valence-corrected chi connectivity index (χ0v) is 10.6. The molecular formula is C12H12F2N2OS. The standard InChI is InChI=1S/C12H12F2N2OS/c1-17-6-7-18-12-8-4-2-3-5-9(8)15-11(16-12)10(13)14/h2-5,10H,6-7H2,1H3. The number of alkyl halides is 2. The zero-order chi connectivity index (χ0) is 13.0. The second kappa shape index (κ2) is 6.06. The van der Waals surface area contributed by atoms with Crippen molar-refractivity contribution in [2.24, 2.45) is 0 Å². The molecule has 0 N–H and O–H groups in total. The monoisotopic (exact) mass is 270 g/mol. The Kier molecular flexibility index (Phi) is 4.43. The van der Waals surface area contributed by atoms with Crippen LogP contribution in [0.25, 0.3) is 10.9 Å². The largest absolute Gasteiger partial charge is 0.384 e. The summed E-state index contributed by atoms with van der Waals surface area (Å²) in [4.78, 5) is 7.78. The minimum atomic E-state index is -2.66. The van der Waals surface area contributed by atoms with Gasteiger partial charge in [0.1, 0.15) is 5.03 Å². The molecule has 0 aliphatic heterocycles. The van der Waals surface area contributed by atoms with Gasteiger partial charge in [0.05, 0.1) is 12.1 Å². The van der Waals surface area contributed by atoms with E-state index in [0.717, 1.165) is 5.39 Å². The van der Waals surface area contributed by atoms with Crippen LogP contribution in [0.1, 0.15) is 12.2 Å². The van der Waals surface area contributed by atoms with Crippen molar-refractivity contribution in [2.75, 3.05) is 19.5 Å². The lowest BCUT2D eigenvalue weighted by molar-refractivity contribution is 0.140. The van der Waals surface area contributed by atoms with Gasteiger partial charge >= 0.3 is 0 Å². The molecule has 2 rings (SSSR count). The molecule has 3 nitrogen and oxygen atoms in total. The van der Waals surface area contributed by atoms with Crippen LogP contribution in [-0.2, 0) is 4.74 Å². The first-order chi connectivity index (χ1) is 8.72. The first-order valence-corrected chi connectivity index (χ1v) is 6.37. The van der Waals surface area contributed by atoms with E-state index in [2.05, 4.69) is 9.97 Å². The molecule has 0 radical (unpaired) electrons. The van der Waals surface area contributed by atoms with E-state index in [0.29, 0.717) is 22.9 Å². The Morgan fingerprint density at radius 1 is 1.28 bits per heavy atom. The Balaban J connectivity index is 2.40. The third kappa shape index (κ3) is 2.94. The quantitative estimate of drug-likeness (QED) is 0.474. The highest BCUT2D eigenvalue weighted by atomic mass is 32.2. The van der Waals surface area contributed by atoms with E-state index < -0.39 is 12.2 Å². The van der Waals surface area contributed by atoms with Crippen molar-refractivity contribution in [3.8, 4) is 0 Å². The van der Waals surface area contributed by atoms with E-state index >= 15 is 0 Å². The molecule has 0 aliphatic rings. The average Bonchev–Trinajstić information content (AvgIpc) is 2.38. The molecule has 6 heteroatoms. The molecule has 2 aromatic rings. The molecule has 0 saturated heterocycles. The van der Waals surface area contributed by atoms with E-state index in [1.807, 2.05) is 12.1 Å². The third-order valence-corrected chi connectivity index (χ3v) is 3.26. The summed E-state index contributed by atoms with van der Waals surface area (Å²) < 4.78 is 30.3. The summed E-state index contributed by atoms with van der Waals surface area (Å²) in [6.45, 7) is 0.549. The van der Waals surface area contributed by atoms with Crippen LogP contribution < -0.4 is 0 Å². The summed E-state index contributed by atoms with van der Waals surface area (Å²) in [5.41, 5.74) is 0.544. The van der Waals surface area contributed by atoms with Gasteiger partial charge in [-0.1, -0.05) is 18.2 Å². The normalized spacial score (nSPS) is 11.3. The van der Waals surface area contributed by atoms with Gasteiger partial charge in [0.15, 0.2) is 5.82 Å². The van der Waals surface area contributed by atoms with Crippen LogP contribution in [0.5, 0.6) is 0 Å². The number of thioether (sulfide) groups is 1. The summed E-state index contributed by atoms with van der Waals surface area (Å²) in [7, 11) is 1.60. The Labute approximate surface area is 108 Å². The van der Waals surface area contributed by atoms with Crippen LogP contribution in [0.15, 0.2) is 29.3 Å². The fourth-order valence-corrected chi connectivity index (χ4v) is 2.42. The summed E-state index contributed by atoms with van der Waals surface area (Å²) in [6, 6.07) is 7.16. The number of methoxy groups -OCH3 is 1. The predicted molar refractivity (Wildman–Crippen MR) is 67.1 cm³/mol. The second-order valence-electron chi connectivity index (χ2n) is 3.55. The van der Waals surface area contributed by atoms with Gasteiger partial charge in [-0.05, 0) is 6.07 Å². The lowest BCUT2D eigenvalue weighted by atomic mass is 10.2. The number of ether oxygens (including phenoxy) is 1. The molecule has 18 heavy (non-hydrogen) atoms. The van der Waals surface area contributed by atoms with Crippen LogP contribution >= 0.6 is 11.8 Å². The Morgan fingerprint density at radius 2 is 2.06 bits per heavy atom. The summed E-state index contributed by atoms with van der Waals surface area (Å²) in [6.07, 6.45) is -2.66. The maximum Gasteiger partial charge on any atom is 0.297 e. The number of benzene rings is 1. The van der Waals surface area contributed by atoms with Gasteiger partial charge in [0, 0.05) is 18.2 Å². The van der Waals surface area contributed by atoms with Crippen LogP contribution in [0.2, 0.25) is 0 Å². The van der Waals surface area contributed by atoms with Crippen LogP contribution in [0.4, 0.5) is 8.78 Å². The Bertz CT molecular complexity index is 536. The summed E-state index contributed by atoms with van der Waals surface area (Å²) >= 11 is 1.40. The van der Waals surface area contributed by atoms with Crippen molar-refractivity contribution in [2.45, 2.75) is 11.5 Å². The predicted octanol–water partition coefficient (Wildman–Crippen LogP) is 3.31. The van der Waals surface area contributed by atoms with Gasteiger partial charge in [0.2, 0.25) is 0 Å². The molecule has 1 aromatic heterocycles.